The summed E-state index contributed by atoms with van der Waals surface area (Å²) < 4.78 is 39.8. The molecule has 7 heteroatoms. The van der Waals surface area contributed by atoms with Crippen molar-refractivity contribution in [2.24, 2.45) is 0 Å². The second-order valence-corrected chi connectivity index (χ2v) is 3.94. The molecule has 1 aromatic rings. The Morgan fingerprint density at radius 3 is 2.36 bits per heavy atom. The first-order valence-electron chi connectivity index (χ1n) is 3.38. The van der Waals surface area contributed by atoms with Crippen LogP contribution < -0.4 is 4.74 Å². The molecule has 78 valence electrons. The summed E-state index contributed by atoms with van der Waals surface area (Å²) in [5, 5.41) is 0. The lowest BCUT2D eigenvalue weighted by Gasteiger charge is -2.10. The first-order valence-corrected chi connectivity index (χ1v) is 4.96. The molecule has 0 N–H and O–H groups in total. The fraction of sp³-hybridized carbons (Fsp3) is 0.286. The van der Waals surface area contributed by atoms with E-state index in [2.05, 4.69) is 41.6 Å². The van der Waals surface area contributed by atoms with Gasteiger partial charge in [-0.15, -0.1) is 13.2 Å². The summed E-state index contributed by atoms with van der Waals surface area (Å²) in [6.45, 7) is 1.62. The second kappa shape index (κ2) is 4.06. The smallest absolute Gasteiger partial charge is 0.403 e. The number of nitrogens with zero attached hydrogens (tertiary/aromatic N) is 1. The standard InChI is InChI=1S/C7H4Br2F3NO/c1-3-2-4(14-7(10,11)12)6(9)13-5(3)8/h2H,1H3. The van der Waals surface area contributed by atoms with Gasteiger partial charge >= 0.3 is 6.36 Å². The fourth-order valence-corrected chi connectivity index (χ4v) is 1.64. The molecule has 0 spiro atoms. The molecule has 0 fully saturated rings. The Morgan fingerprint density at radius 1 is 1.29 bits per heavy atom. The van der Waals surface area contributed by atoms with E-state index in [1.807, 2.05) is 0 Å². The summed E-state index contributed by atoms with van der Waals surface area (Å²) in [6.07, 6.45) is -4.70. The molecule has 0 unspecified atom stereocenters. The molecule has 0 amide bonds. The third-order valence-corrected chi connectivity index (χ3v) is 2.67. The molecule has 1 aromatic heterocycles. The average molecular weight is 335 g/mol. The predicted octanol–water partition coefficient (Wildman–Crippen LogP) is 3.81. The summed E-state index contributed by atoms with van der Waals surface area (Å²) in [7, 11) is 0. The Morgan fingerprint density at radius 2 is 1.86 bits per heavy atom. The van der Waals surface area contributed by atoms with Crippen LogP contribution in [0.5, 0.6) is 5.75 Å². The van der Waals surface area contributed by atoms with Gasteiger partial charge in [0.05, 0.1) is 0 Å². The summed E-state index contributed by atoms with van der Waals surface area (Å²) in [5.74, 6) is -0.349. The van der Waals surface area contributed by atoms with Crippen LogP contribution in [0.15, 0.2) is 15.3 Å². The molecule has 0 aliphatic heterocycles. The highest BCUT2D eigenvalue weighted by Gasteiger charge is 2.32. The topological polar surface area (TPSA) is 22.1 Å². The van der Waals surface area contributed by atoms with E-state index in [1.165, 1.54) is 6.07 Å². The SMILES string of the molecule is Cc1cc(OC(F)(F)F)c(Br)nc1Br. The van der Waals surface area contributed by atoms with E-state index in [1.54, 1.807) is 6.92 Å². The molecule has 1 rings (SSSR count). The predicted molar refractivity (Wildman–Crippen MR) is 51.1 cm³/mol. The van der Waals surface area contributed by atoms with E-state index in [4.69, 9.17) is 0 Å². The van der Waals surface area contributed by atoms with Crippen molar-refractivity contribution in [1.82, 2.24) is 4.98 Å². The molecule has 0 radical (unpaired) electrons. The van der Waals surface area contributed by atoms with Crippen LogP contribution in [-0.2, 0) is 0 Å². The third kappa shape index (κ3) is 3.13. The number of alkyl halides is 3. The Kier molecular flexibility index (Phi) is 3.41. The van der Waals surface area contributed by atoms with Gasteiger partial charge in [-0.1, -0.05) is 0 Å². The second-order valence-electron chi connectivity index (χ2n) is 2.43. The zero-order valence-corrected chi connectivity index (χ0v) is 9.99. The molecular formula is C7H4Br2F3NO. The first kappa shape index (κ1) is 11.8. The van der Waals surface area contributed by atoms with Gasteiger partial charge in [0.1, 0.15) is 9.21 Å². The van der Waals surface area contributed by atoms with Gasteiger partial charge in [0.15, 0.2) is 5.75 Å². The van der Waals surface area contributed by atoms with Crippen LogP contribution >= 0.6 is 31.9 Å². The van der Waals surface area contributed by atoms with E-state index in [9.17, 15) is 13.2 Å². The van der Waals surface area contributed by atoms with Crippen molar-refractivity contribution in [3.8, 4) is 5.75 Å². The number of aryl methyl sites for hydroxylation is 1. The van der Waals surface area contributed by atoms with Crippen molar-refractivity contribution in [1.29, 1.82) is 0 Å². The van der Waals surface area contributed by atoms with Crippen LogP contribution in [0, 0.1) is 6.92 Å². The zero-order chi connectivity index (χ0) is 10.9. The monoisotopic (exact) mass is 333 g/mol. The largest absolute Gasteiger partial charge is 0.573 e. The zero-order valence-electron chi connectivity index (χ0n) is 6.82. The first-order chi connectivity index (χ1) is 6.29. The van der Waals surface area contributed by atoms with Gasteiger partial charge in [-0.05, 0) is 50.4 Å². The number of hydrogen-bond donors (Lipinski definition) is 0. The summed E-state index contributed by atoms with van der Waals surface area (Å²) in [4.78, 5) is 3.77. The van der Waals surface area contributed by atoms with E-state index in [0.29, 0.717) is 10.2 Å². The molecule has 1 heterocycles. The van der Waals surface area contributed by atoms with Gasteiger partial charge in [-0.25, -0.2) is 4.98 Å². The average Bonchev–Trinajstić information content (AvgIpc) is 1.97. The molecule has 0 aliphatic carbocycles. The number of halogens is 5. The van der Waals surface area contributed by atoms with Crippen LogP contribution in [0.3, 0.4) is 0 Å². The van der Waals surface area contributed by atoms with Gasteiger partial charge in [0, 0.05) is 0 Å². The Bertz CT molecular complexity index is 354. The summed E-state index contributed by atoms with van der Waals surface area (Å²) >= 11 is 5.95. The Labute approximate surface area is 94.7 Å². The lowest BCUT2D eigenvalue weighted by Crippen LogP contribution is -2.17. The molecule has 0 saturated carbocycles. The van der Waals surface area contributed by atoms with Crippen molar-refractivity contribution in [2.45, 2.75) is 13.3 Å². The van der Waals surface area contributed by atoms with Crippen molar-refractivity contribution >= 4 is 31.9 Å². The van der Waals surface area contributed by atoms with Gasteiger partial charge < -0.3 is 4.74 Å². The van der Waals surface area contributed by atoms with Crippen molar-refractivity contribution in [3.63, 3.8) is 0 Å². The number of ether oxygens (including phenoxy) is 1. The Balaban J connectivity index is 3.04. The third-order valence-electron chi connectivity index (χ3n) is 1.30. The van der Waals surface area contributed by atoms with Crippen LogP contribution in [0.1, 0.15) is 5.56 Å². The van der Waals surface area contributed by atoms with Gasteiger partial charge in [-0.3, -0.25) is 0 Å². The van der Waals surface area contributed by atoms with Crippen LogP contribution in [0.2, 0.25) is 0 Å². The number of rotatable bonds is 1. The molecule has 0 saturated heterocycles. The van der Waals surface area contributed by atoms with Crippen LogP contribution in [-0.4, -0.2) is 11.3 Å². The molecule has 0 aliphatic rings. The number of aromatic nitrogens is 1. The van der Waals surface area contributed by atoms with Crippen LogP contribution in [0.25, 0.3) is 0 Å². The fourth-order valence-electron chi connectivity index (χ4n) is 0.741. The molecule has 14 heavy (non-hydrogen) atoms. The van der Waals surface area contributed by atoms with Crippen molar-refractivity contribution < 1.29 is 17.9 Å². The van der Waals surface area contributed by atoms with Crippen LogP contribution in [0.4, 0.5) is 13.2 Å². The number of pyridine rings is 1. The molecule has 0 bridgehead atoms. The van der Waals surface area contributed by atoms with Crippen molar-refractivity contribution in [3.05, 3.63) is 20.8 Å². The van der Waals surface area contributed by atoms with Crippen molar-refractivity contribution in [2.75, 3.05) is 0 Å². The maximum atomic E-state index is 11.9. The lowest BCUT2D eigenvalue weighted by molar-refractivity contribution is -0.275. The minimum absolute atomic E-state index is 0.00676. The van der Waals surface area contributed by atoms with Gasteiger partial charge in [0.2, 0.25) is 0 Å². The summed E-state index contributed by atoms with van der Waals surface area (Å²) in [6, 6.07) is 1.24. The minimum Gasteiger partial charge on any atom is -0.403 e. The molecule has 0 atom stereocenters. The number of hydrogen-bond acceptors (Lipinski definition) is 2. The van der Waals surface area contributed by atoms with E-state index >= 15 is 0 Å². The van der Waals surface area contributed by atoms with Gasteiger partial charge in [0.25, 0.3) is 0 Å². The maximum absolute atomic E-state index is 11.9. The minimum atomic E-state index is -4.70. The molecule has 0 aromatic carbocycles. The highest BCUT2D eigenvalue weighted by atomic mass is 79.9. The van der Waals surface area contributed by atoms with E-state index < -0.39 is 6.36 Å². The van der Waals surface area contributed by atoms with Gasteiger partial charge in [-0.2, -0.15) is 0 Å². The molecule has 2 nitrogen and oxygen atoms in total. The lowest BCUT2D eigenvalue weighted by atomic mass is 10.3. The normalized spacial score (nSPS) is 11.6. The summed E-state index contributed by atoms with van der Waals surface area (Å²) in [5.41, 5.74) is 0.562. The Hall–Kier alpha value is -0.300. The quantitative estimate of drug-likeness (QED) is 0.728. The van der Waals surface area contributed by atoms with E-state index in [0.717, 1.165) is 0 Å². The van der Waals surface area contributed by atoms with E-state index in [-0.39, 0.29) is 10.4 Å². The maximum Gasteiger partial charge on any atom is 0.573 e. The molecular weight excluding hydrogens is 331 g/mol. The highest BCUT2D eigenvalue weighted by molar-refractivity contribution is 9.11. The highest BCUT2D eigenvalue weighted by Crippen LogP contribution is 2.31.